The van der Waals surface area contributed by atoms with E-state index in [9.17, 15) is 0 Å². The van der Waals surface area contributed by atoms with Crippen molar-refractivity contribution < 1.29 is 4.74 Å². The first kappa shape index (κ1) is 16.3. The summed E-state index contributed by atoms with van der Waals surface area (Å²) in [6, 6.07) is 0. The average molecular weight is 280 g/mol. The molecule has 0 radical (unpaired) electrons. The minimum Gasteiger partial charge on any atom is -0.378 e. The van der Waals surface area contributed by atoms with Crippen molar-refractivity contribution in [2.24, 2.45) is 5.92 Å². The van der Waals surface area contributed by atoms with Crippen molar-refractivity contribution in [3.05, 3.63) is 0 Å². The summed E-state index contributed by atoms with van der Waals surface area (Å²) in [6.45, 7) is 1.03. The summed E-state index contributed by atoms with van der Waals surface area (Å²) in [7, 11) is 0. The van der Waals surface area contributed by atoms with Crippen LogP contribution in [0, 0.1) is 5.92 Å². The van der Waals surface area contributed by atoms with Gasteiger partial charge in [0.25, 0.3) is 0 Å². The Labute approximate surface area is 126 Å². The molecule has 118 valence electrons. The van der Waals surface area contributed by atoms with Gasteiger partial charge in [-0.1, -0.05) is 77.0 Å². The van der Waals surface area contributed by atoms with Crippen LogP contribution in [-0.2, 0) is 4.74 Å². The fourth-order valence-electron chi connectivity index (χ4n) is 4.06. The van der Waals surface area contributed by atoms with Crippen molar-refractivity contribution in [1.29, 1.82) is 0 Å². The molecule has 1 atom stereocenters. The molecule has 1 heteroatoms. The molecule has 1 aliphatic heterocycles. The Bertz CT molecular complexity index is 182. The molecule has 20 heavy (non-hydrogen) atoms. The Morgan fingerprint density at radius 1 is 0.450 bits per heavy atom. The molecule has 1 heterocycles. The largest absolute Gasteiger partial charge is 0.378 e. The van der Waals surface area contributed by atoms with E-state index < -0.39 is 0 Å². The van der Waals surface area contributed by atoms with Gasteiger partial charge in [-0.15, -0.1) is 0 Å². The van der Waals surface area contributed by atoms with Gasteiger partial charge in [-0.2, -0.15) is 0 Å². The van der Waals surface area contributed by atoms with Crippen LogP contribution >= 0.6 is 0 Å². The maximum absolute atomic E-state index is 6.33. The molecule has 0 bridgehead atoms. The second-order valence-electron chi connectivity index (χ2n) is 7.13. The molecule has 1 saturated heterocycles. The van der Waals surface area contributed by atoms with E-state index in [-0.39, 0.29) is 0 Å². The third-order valence-corrected chi connectivity index (χ3v) is 5.39. The lowest BCUT2D eigenvalue weighted by Crippen LogP contribution is -2.25. The minimum absolute atomic E-state index is 0.590. The lowest BCUT2D eigenvalue weighted by atomic mass is 9.86. The summed E-state index contributed by atoms with van der Waals surface area (Å²) >= 11 is 0. The zero-order valence-corrected chi connectivity index (χ0v) is 13.6. The lowest BCUT2D eigenvalue weighted by molar-refractivity contribution is -0.00542. The Morgan fingerprint density at radius 2 is 0.900 bits per heavy atom. The van der Waals surface area contributed by atoms with Crippen molar-refractivity contribution in [1.82, 2.24) is 0 Å². The fraction of sp³-hybridized carbons (Fsp3) is 1.00. The smallest absolute Gasteiger partial charge is 0.0603 e. The summed E-state index contributed by atoms with van der Waals surface area (Å²) in [6.07, 6.45) is 23.4. The Balaban J connectivity index is 1.81. The van der Waals surface area contributed by atoms with Gasteiger partial charge in [0.15, 0.2) is 0 Å². The molecule has 1 saturated carbocycles. The highest BCUT2D eigenvalue weighted by Crippen LogP contribution is 2.29. The molecular weight excluding hydrogens is 244 g/mol. The normalized spacial score (nSPS) is 29.7. The first-order chi connectivity index (χ1) is 9.97. The molecule has 2 rings (SSSR count). The van der Waals surface area contributed by atoms with Crippen molar-refractivity contribution in [3.63, 3.8) is 0 Å². The highest BCUT2D eigenvalue weighted by Gasteiger charge is 2.22. The van der Waals surface area contributed by atoms with Crippen molar-refractivity contribution >= 4 is 0 Å². The molecule has 0 amide bonds. The van der Waals surface area contributed by atoms with Crippen molar-refractivity contribution in [2.45, 2.75) is 109 Å². The van der Waals surface area contributed by atoms with Crippen LogP contribution in [0.1, 0.15) is 103 Å². The summed E-state index contributed by atoms with van der Waals surface area (Å²) in [5, 5.41) is 0. The second kappa shape index (κ2) is 10.7. The molecule has 2 aliphatic rings. The van der Waals surface area contributed by atoms with E-state index in [0.717, 1.165) is 12.5 Å². The van der Waals surface area contributed by atoms with E-state index in [1.807, 2.05) is 0 Å². The van der Waals surface area contributed by atoms with Crippen LogP contribution in [0.3, 0.4) is 0 Å². The van der Waals surface area contributed by atoms with Crippen LogP contribution in [0.15, 0.2) is 0 Å². The molecule has 0 aromatic rings. The second-order valence-corrected chi connectivity index (χ2v) is 7.13. The maximum atomic E-state index is 6.33. The van der Waals surface area contributed by atoms with Crippen molar-refractivity contribution in [2.75, 3.05) is 6.61 Å². The van der Waals surface area contributed by atoms with E-state index in [0.29, 0.717) is 6.10 Å². The molecular formula is C19H36O. The standard InChI is InChI=1S/C19H36O/c1-2-6-10-14-18(15-11-7-3-1)19-16-12-8-4-5-9-13-17-20-19/h18-19H,1-17H2. The number of hydrogen-bond donors (Lipinski definition) is 0. The Hall–Kier alpha value is -0.0400. The summed E-state index contributed by atoms with van der Waals surface area (Å²) in [5.41, 5.74) is 0. The molecule has 1 nitrogen and oxygen atoms in total. The average Bonchev–Trinajstić information content (AvgIpc) is 2.50. The van der Waals surface area contributed by atoms with E-state index in [4.69, 9.17) is 4.74 Å². The van der Waals surface area contributed by atoms with Gasteiger partial charge >= 0.3 is 0 Å². The molecule has 0 aromatic carbocycles. The van der Waals surface area contributed by atoms with Gasteiger partial charge in [-0.05, 0) is 31.6 Å². The summed E-state index contributed by atoms with van der Waals surface area (Å²) in [4.78, 5) is 0. The maximum Gasteiger partial charge on any atom is 0.0603 e. The van der Waals surface area contributed by atoms with Gasteiger partial charge in [0, 0.05) is 6.61 Å². The van der Waals surface area contributed by atoms with E-state index in [1.165, 1.54) is 103 Å². The Kier molecular flexibility index (Phi) is 8.70. The van der Waals surface area contributed by atoms with Crippen LogP contribution in [0.2, 0.25) is 0 Å². The van der Waals surface area contributed by atoms with Gasteiger partial charge < -0.3 is 4.74 Å². The van der Waals surface area contributed by atoms with Crippen molar-refractivity contribution in [3.8, 4) is 0 Å². The van der Waals surface area contributed by atoms with Crippen LogP contribution in [0.4, 0.5) is 0 Å². The molecule has 0 N–H and O–H groups in total. The van der Waals surface area contributed by atoms with Gasteiger partial charge in [-0.3, -0.25) is 0 Å². The quantitative estimate of drug-likeness (QED) is 0.551. The SMILES string of the molecule is C1CCCCC(C2CCCCCCCCO2)CCCC1. The topological polar surface area (TPSA) is 9.23 Å². The van der Waals surface area contributed by atoms with E-state index >= 15 is 0 Å². The molecule has 1 unspecified atom stereocenters. The van der Waals surface area contributed by atoms with Crippen LogP contribution in [-0.4, -0.2) is 12.7 Å². The summed E-state index contributed by atoms with van der Waals surface area (Å²) in [5.74, 6) is 0.868. The molecule has 2 fully saturated rings. The third kappa shape index (κ3) is 6.61. The van der Waals surface area contributed by atoms with Crippen LogP contribution < -0.4 is 0 Å². The highest BCUT2D eigenvalue weighted by molar-refractivity contribution is 4.73. The molecule has 0 aromatic heterocycles. The first-order valence-electron chi connectivity index (χ1n) is 9.58. The highest BCUT2D eigenvalue weighted by atomic mass is 16.5. The van der Waals surface area contributed by atoms with Crippen LogP contribution in [0.25, 0.3) is 0 Å². The third-order valence-electron chi connectivity index (χ3n) is 5.39. The zero-order valence-electron chi connectivity index (χ0n) is 13.6. The van der Waals surface area contributed by atoms with Crippen LogP contribution in [0.5, 0.6) is 0 Å². The number of hydrogen-bond acceptors (Lipinski definition) is 1. The van der Waals surface area contributed by atoms with Gasteiger partial charge in [0.05, 0.1) is 6.10 Å². The molecule has 1 aliphatic carbocycles. The van der Waals surface area contributed by atoms with Gasteiger partial charge in [0.1, 0.15) is 0 Å². The zero-order chi connectivity index (χ0) is 13.9. The Morgan fingerprint density at radius 3 is 1.50 bits per heavy atom. The monoisotopic (exact) mass is 280 g/mol. The van der Waals surface area contributed by atoms with E-state index in [1.54, 1.807) is 0 Å². The summed E-state index contributed by atoms with van der Waals surface area (Å²) < 4.78 is 6.33. The number of rotatable bonds is 1. The van der Waals surface area contributed by atoms with Gasteiger partial charge in [-0.25, -0.2) is 0 Å². The molecule has 0 spiro atoms. The number of ether oxygens (including phenoxy) is 1. The predicted molar refractivity (Wildman–Crippen MR) is 87.1 cm³/mol. The predicted octanol–water partition coefficient (Wildman–Crippen LogP) is 6.26. The fourth-order valence-corrected chi connectivity index (χ4v) is 4.06. The van der Waals surface area contributed by atoms with Gasteiger partial charge in [0.2, 0.25) is 0 Å². The lowest BCUT2D eigenvalue weighted by Gasteiger charge is -2.29. The van der Waals surface area contributed by atoms with E-state index in [2.05, 4.69) is 0 Å². The first-order valence-corrected chi connectivity index (χ1v) is 9.58. The minimum atomic E-state index is 0.590.